The van der Waals surface area contributed by atoms with Crippen molar-refractivity contribution < 1.29 is 10.0 Å². The van der Waals surface area contributed by atoms with Gasteiger partial charge in [-0.3, -0.25) is 9.78 Å². The van der Waals surface area contributed by atoms with Gasteiger partial charge in [0.1, 0.15) is 5.69 Å². The SMILES string of the molecule is CCc1ccc(NC(=O)c2ccc(C(N)=NO)cn2)cc1. The molecule has 1 heterocycles. The van der Waals surface area contributed by atoms with Crippen molar-refractivity contribution in [3.8, 4) is 0 Å². The van der Waals surface area contributed by atoms with Gasteiger partial charge in [0.15, 0.2) is 5.84 Å². The van der Waals surface area contributed by atoms with E-state index in [9.17, 15) is 4.79 Å². The molecule has 6 heteroatoms. The second-order valence-corrected chi connectivity index (χ2v) is 4.42. The number of carbonyl (C=O) groups excluding carboxylic acids is 1. The second-order valence-electron chi connectivity index (χ2n) is 4.42. The Labute approximate surface area is 122 Å². The van der Waals surface area contributed by atoms with E-state index in [2.05, 4.69) is 22.4 Å². The molecular weight excluding hydrogens is 268 g/mol. The van der Waals surface area contributed by atoms with Crippen molar-refractivity contribution in [2.75, 3.05) is 5.32 Å². The average molecular weight is 284 g/mol. The van der Waals surface area contributed by atoms with Gasteiger partial charge in [-0.2, -0.15) is 0 Å². The highest BCUT2D eigenvalue weighted by molar-refractivity contribution is 6.03. The molecule has 2 aromatic rings. The lowest BCUT2D eigenvalue weighted by Gasteiger charge is -2.06. The molecule has 0 aliphatic heterocycles. The number of aryl methyl sites for hydroxylation is 1. The van der Waals surface area contributed by atoms with E-state index in [0.717, 1.165) is 6.42 Å². The van der Waals surface area contributed by atoms with Crippen molar-refractivity contribution in [2.24, 2.45) is 10.9 Å². The minimum Gasteiger partial charge on any atom is -0.409 e. The molecule has 4 N–H and O–H groups in total. The number of oxime groups is 1. The Bertz CT molecular complexity index is 648. The molecule has 0 aliphatic carbocycles. The molecule has 0 radical (unpaired) electrons. The third-order valence-corrected chi connectivity index (χ3v) is 3.02. The van der Waals surface area contributed by atoms with Gasteiger partial charge >= 0.3 is 0 Å². The molecule has 0 saturated carbocycles. The summed E-state index contributed by atoms with van der Waals surface area (Å²) in [6.07, 6.45) is 2.33. The predicted octanol–water partition coefficient (Wildman–Crippen LogP) is 1.99. The first kappa shape index (κ1) is 14.5. The van der Waals surface area contributed by atoms with Crippen LogP contribution in [0.25, 0.3) is 0 Å². The van der Waals surface area contributed by atoms with Crippen LogP contribution in [0.1, 0.15) is 28.5 Å². The van der Waals surface area contributed by atoms with Crippen LogP contribution in [0.5, 0.6) is 0 Å². The van der Waals surface area contributed by atoms with Gasteiger partial charge in [0.2, 0.25) is 0 Å². The summed E-state index contributed by atoms with van der Waals surface area (Å²) in [6.45, 7) is 2.07. The highest BCUT2D eigenvalue weighted by atomic mass is 16.4. The van der Waals surface area contributed by atoms with E-state index in [1.807, 2.05) is 24.3 Å². The summed E-state index contributed by atoms with van der Waals surface area (Å²) >= 11 is 0. The summed E-state index contributed by atoms with van der Waals surface area (Å²) in [5.41, 5.74) is 8.04. The number of amidine groups is 1. The lowest BCUT2D eigenvalue weighted by Crippen LogP contribution is -2.16. The molecule has 6 nitrogen and oxygen atoms in total. The molecule has 0 atom stereocenters. The topological polar surface area (TPSA) is 101 Å². The van der Waals surface area contributed by atoms with Crippen molar-refractivity contribution >= 4 is 17.4 Å². The molecule has 0 bridgehead atoms. The summed E-state index contributed by atoms with van der Waals surface area (Å²) in [5.74, 6) is -0.366. The van der Waals surface area contributed by atoms with E-state index < -0.39 is 0 Å². The molecular formula is C15H16N4O2. The van der Waals surface area contributed by atoms with Crippen molar-refractivity contribution in [1.82, 2.24) is 4.98 Å². The highest BCUT2D eigenvalue weighted by Gasteiger charge is 2.08. The Balaban J connectivity index is 2.09. The average Bonchev–Trinajstić information content (AvgIpc) is 2.55. The summed E-state index contributed by atoms with van der Waals surface area (Å²) in [6, 6.07) is 10.7. The van der Waals surface area contributed by atoms with Gasteiger partial charge in [-0.1, -0.05) is 24.2 Å². The van der Waals surface area contributed by atoms with E-state index in [0.29, 0.717) is 11.3 Å². The van der Waals surface area contributed by atoms with Gasteiger partial charge in [0.05, 0.1) is 0 Å². The van der Waals surface area contributed by atoms with Crippen LogP contribution in [-0.2, 0) is 6.42 Å². The molecule has 108 valence electrons. The lowest BCUT2D eigenvalue weighted by molar-refractivity contribution is 0.102. The Morgan fingerprint density at radius 2 is 2.00 bits per heavy atom. The molecule has 0 aliphatic rings. The fourth-order valence-corrected chi connectivity index (χ4v) is 1.76. The molecule has 1 aromatic carbocycles. The summed E-state index contributed by atoms with van der Waals surface area (Å²) in [5, 5.41) is 14.2. The molecule has 1 amide bonds. The number of aromatic nitrogens is 1. The fraction of sp³-hybridized carbons (Fsp3) is 0.133. The van der Waals surface area contributed by atoms with Crippen molar-refractivity contribution in [1.29, 1.82) is 0 Å². The van der Waals surface area contributed by atoms with E-state index in [-0.39, 0.29) is 17.4 Å². The van der Waals surface area contributed by atoms with Gasteiger partial charge < -0.3 is 16.3 Å². The number of nitrogens with one attached hydrogen (secondary N) is 1. The van der Waals surface area contributed by atoms with Gasteiger partial charge in [-0.15, -0.1) is 0 Å². The third kappa shape index (κ3) is 3.56. The van der Waals surface area contributed by atoms with Crippen molar-refractivity contribution in [3.05, 3.63) is 59.4 Å². The number of benzene rings is 1. The standard InChI is InChI=1S/C15H16N4O2/c1-2-10-3-6-12(7-4-10)18-15(20)13-8-5-11(9-17-13)14(16)19-21/h3-9,21H,2H2,1H3,(H2,16,19)(H,18,20). The second kappa shape index (κ2) is 6.51. The molecule has 0 unspecified atom stereocenters. The minimum absolute atomic E-state index is 0.0513. The zero-order chi connectivity index (χ0) is 15.2. The van der Waals surface area contributed by atoms with Crippen LogP contribution < -0.4 is 11.1 Å². The van der Waals surface area contributed by atoms with Gasteiger partial charge in [-0.05, 0) is 36.2 Å². The Kier molecular flexibility index (Phi) is 4.50. The zero-order valence-electron chi connectivity index (χ0n) is 11.6. The zero-order valence-corrected chi connectivity index (χ0v) is 11.6. The van der Waals surface area contributed by atoms with Crippen LogP contribution in [0.15, 0.2) is 47.8 Å². The van der Waals surface area contributed by atoms with Crippen molar-refractivity contribution in [3.63, 3.8) is 0 Å². The Morgan fingerprint density at radius 3 is 2.52 bits per heavy atom. The Hall–Kier alpha value is -2.89. The van der Waals surface area contributed by atoms with Gasteiger partial charge in [0.25, 0.3) is 5.91 Å². The number of pyridine rings is 1. The van der Waals surface area contributed by atoms with Gasteiger partial charge in [0, 0.05) is 17.4 Å². The maximum absolute atomic E-state index is 12.0. The van der Waals surface area contributed by atoms with E-state index >= 15 is 0 Å². The number of carbonyl (C=O) groups is 1. The van der Waals surface area contributed by atoms with E-state index in [4.69, 9.17) is 10.9 Å². The molecule has 0 spiro atoms. The van der Waals surface area contributed by atoms with E-state index in [1.165, 1.54) is 17.8 Å². The number of amides is 1. The largest absolute Gasteiger partial charge is 0.409 e. The quantitative estimate of drug-likeness (QED) is 0.346. The van der Waals surface area contributed by atoms with Gasteiger partial charge in [-0.25, -0.2) is 0 Å². The van der Waals surface area contributed by atoms with Crippen molar-refractivity contribution in [2.45, 2.75) is 13.3 Å². The number of nitrogens with two attached hydrogens (primary N) is 1. The first-order chi connectivity index (χ1) is 10.1. The number of nitrogens with zero attached hydrogens (tertiary/aromatic N) is 2. The molecule has 0 fully saturated rings. The predicted molar refractivity (Wildman–Crippen MR) is 80.5 cm³/mol. The first-order valence-corrected chi connectivity index (χ1v) is 6.48. The lowest BCUT2D eigenvalue weighted by atomic mass is 10.1. The summed E-state index contributed by atoms with van der Waals surface area (Å²) in [7, 11) is 0. The van der Waals surface area contributed by atoms with E-state index in [1.54, 1.807) is 6.07 Å². The van der Waals surface area contributed by atoms with Crippen LogP contribution in [0, 0.1) is 0 Å². The summed E-state index contributed by atoms with van der Waals surface area (Å²) < 4.78 is 0. The number of anilines is 1. The Morgan fingerprint density at radius 1 is 1.29 bits per heavy atom. The number of rotatable bonds is 4. The maximum atomic E-state index is 12.0. The maximum Gasteiger partial charge on any atom is 0.274 e. The number of hydrogen-bond acceptors (Lipinski definition) is 4. The highest BCUT2D eigenvalue weighted by Crippen LogP contribution is 2.11. The monoisotopic (exact) mass is 284 g/mol. The minimum atomic E-state index is -0.315. The number of hydrogen-bond donors (Lipinski definition) is 3. The van der Waals surface area contributed by atoms with Crippen LogP contribution in [-0.4, -0.2) is 21.9 Å². The van der Waals surface area contributed by atoms with Crippen LogP contribution in [0.2, 0.25) is 0 Å². The normalized spacial score (nSPS) is 11.2. The molecule has 21 heavy (non-hydrogen) atoms. The third-order valence-electron chi connectivity index (χ3n) is 3.02. The van der Waals surface area contributed by atoms with Crippen LogP contribution >= 0.6 is 0 Å². The first-order valence-electron chi connectivity index (χ1n) is 6.48. The summed E-state index contributed by atoms with van der Waals surface area (Å²) in [4.78, 5) is 16.0. The molecule has 2 rings (SSSR count). The van der Waals surface area contributed by atoms with Crippen LogP contribution in [0.3, 0.4) is 0 Å². The smallest absolute Gasteiger partial charge is 0.274 e. The fourth-order valence-electron chi connectivity index (χ4n) is 1.76. The van der Waals surface area contributed by atoms with Crippen LogP contribution in [0.4, 0.5) is 5.69 Å². The molecule has 0 saturated heterocycles. The molecule has 1 aromatic heterocycles.